The highest BCUT2D eigenvalue weighted by Gasteiger charge is 2.12. The summed E-state index contributed by atoms with van der Waals surface area (Å²) in [7, 11) is 0.500. The van der Waals surface area contributed by atoms with E-state index in [2.05, 4.69) is 19.3 Å². The first kappa shape index (κ1) is 19.2. The number of rotatable bonds is 7. The van der Waals surface area contributed by atoms with Crippen molar-refractivity contribution in [2.24, 2.45) is 29.1 Å². The maximum atomic E-state index is 9.50. The lowest BCUT2D eigenvalue weighted by Gasteiger charge is -2.19. The Morgan fingerprint density at radius 3 is 2.24 bits per heavy atom. The molecule has 1 unspecified atom stereocenters. The van der Waals surface area contributed by atoms with Crippen LogP contribution in [-0.2, 0) is 0 Å². The van der Waals surface area contributed by atoms with E-state index in [0.29, 0.717) is 37.9 Å². The summed E-state index contributed by atoms with van der Waals surface area (Å²) in [6.45, 7) is 5.56. The first-order valence-corrected chi connectivity index (χ1v) is 6.82. The van der Waals surface area contributed by atoms with Crippen LogP contribution in [-0.4, -0.2) is 20.3 Å². The van der Waals surface area contributed by atoms with Gasteiger partial charge in [-0.1, -0.05) is 13.8 Å². The minimum atomic E-state index is 0.366. The van der Waals surface area contributed by atoms with Crippen molar-refractivity contribution in [3.63, 3.8) is 0 Å². The average molecular weight is 298 g/mol. The molecule has 0 aliphatic rings. The molecule has 0 aliphatic heterocycles. The largest absolute Gasteiger partial charge is 0.493 e. The van der Waals surface area contributed by atoms with Crippen LogP contribution in [0.1, 0.15) is 19.4 Å². The second-order valence-corrected chi connectivity index (χ2v) is 4.80. The molecule has 1 atom stereocenters. The van der Waals surface area contributed by atoms with Crippen molar-refractivity contribution in [1.82, 2.24) is 5.43 Å². The van der Waals surface area contributed by atoms with Crippen LogP contribution < -0.4 is 27.5 Å². The molecule has 0 aliphatic carbocycles. The van der Waals surface area contributed by atoms with E-state index >= 15 is 0 Å². The van der Waals surface area contributed by atoms with Crippen LogP contribution in [0.4, 0.5) is 4.39 Å². The van der Waals surface area contributed by atoms with Crippen LogP contribution in [0.3, 0.4) is 0 Å². The van der Waals surface area contributed by atoms with E-state index in [9.17, 15) is 4.39 Å². The van der Waals surface area contributed by atoms with Gasteiger partial charge in [-0.2, -0.15) is 0 Å². The third kappa shape index (κ3) is 6.46. The summed E-state index contributed by atoms with van der Waals surface area (Å²) in [6.07, 6.45) is 1.43. The van der Waals surface area contributed by atoms with Crippen molar-refractivity contribution >= 4 is 5.70 Å². The highest BCUT2D eigenvalue weighted by Crippen LogP contribution is 2.18. The summed E-state index contributed by atoms with van der Waals surface area (Å²) < 4.78 is 15.2. The summed E-state index contributed by atoms with van der Waals surface area (Å²) in [4.78, 5) is 0. The van der Waals surface area contributed by atoms with Crippen molar-refractivity contribution in [3.8, 4) is 5.75 Å². The lowest BCUT2D eigenvalue weighted by Crippen LogP contribution is -2.26. The van der Waals surface area contributed by atoms with Crippen LogP contribution >= 0.6 is 0 Å². The second kappa shape index (κ2) is 10.9. The quantitative estimate of drug-likeness (QED) is 0.453. The number of nitrogens with one attached hydrogen (secondary N) is 1. The Labute approximate surface area is 126 Å². The molecular formula is C15H27FN4O. The second-order valence-electron chi connectivity index (χ2n) is 4.80. The van der Waals surface area contributed by atoms with Gasteiger partial charge in [0.15, 0.2) is 0 Å². The lowest BCUT2D eigenvalue weighted by atomic mass is 9.97. The molecule has 7 N–H and O–H groups in total. The molecule has 0 amide bonds. The molecule has 21 heavy (non-hydrogen) atoms. The van der Waals surface area contributed by atoms with E-state index < -0.39 is 0 Å². The number of halogens is 1. The van der Waals surface area contributed by atoms with Gasteiger partial charge in [-0.15, -0.1) is 0 Å². The zero-order chi connectivity index (χ0) is 16.3. The number of hydrogen-bond donors (Lipinski definition) is 4. The Balaban J connectivity index is 0.00000191. The molecule has 1 rings (SSSR count). The van der Waals surface area contributed by atoms with Gasteiger partial charge in [0.2, 0.25) is 0 Å². The van der Waals surface area contributed by atoms with Crippen LogP contribution in [0.15, 0.2) is 30.5 Å². The topological polar surface area (TPSA) is 99.3 Å². The van der Waals surface area contributed by atoms with Gasteiger partial charge in [0.25, 0.3) is 0 Å². The molecule has 0 bridgehead atoms. The average Bonchev–Trinajstić information content (AvgIpc) is 2.52. The fourth-order valence-corrected chi connectivity index (χ4v) is 1.69. The molecule has 0 radical (unpaired) electrons. The minimum Gasteiger partial charge on any atom is -0.493 e. The molecule has 5 nitrogen and oxygen atoms in total. The SMILES string of the molecule is CC(C)C(CN)COc1ccc(/C(=C/N)NN)cc1.CF. The maximum absolute atomic E-state index is 9.50. The summed E-state index contributed by atoms with van der Waals surface area (Å²) in [6, 6.07) is 7.59. The Morgan fingerprint density at radius 2 is 1.86 bits per heavy atom. The van der Waals surface area contributed by atoms with Crippen LogP contribution in [0.25, 0.3) is 5.70 Å². The minimum absolute atomic E-state index is 0.366. The summed E-state index contributed by atoms with van der Waals surface area (Å²) in [5, 5.41) is 0. The molecule has 1 aromatic rings. The van der Waals surface area contributed by atoms with E-state index in [4.69, 9.17) is 22.0 Å². The lowest BCUT2D eigenvalue weighted by molar-refractivity contribution is 0.214. The highest BCUT2D eigenvalue weighted by molar-refractivity contribution is 5.63. The molecule has 0 spiro atoms. The number of nitrogens with two attached hydrogens (primary N) is 3. The predicted molar refractivity (Wildman–Crippen MR) is 85.8 cm³/mol. The molecule has 0 aromatic heterocycles. The number of alkyl halides is 1. The fourth-order valence-electron chi connectivity index (χ4n) is 1.69. The van der Waals surface area contributed by atoms with Gasteiger partial charge < -0.3 is 21.6 Å². The van der Waals surface area contributed by atoms with Gasteiger partial charge in [-0.3, -0.25) is 10.2 Å². The van der Waals surface area contributed by atoms with Gasteiger partial charge in [0.05, 0.1) is 19.5 Å². The normalized spacial score (nSPS) is 12.4. The molecule has 1 aromatic carbocycles. The molecule has 0 fully saturated rings. The van der Waals surface area contributed by atoms with Gasteiger partial charge in [0, 0.05) is 17.7 Å². The number of hydrazine groups is 1. The van der Waals surface area contributed by atoms with Gasteiger partial charge in [-0.25, -0.2) is 0 Å². The predicted octanol–water partition coefficient (Wildman–Crippen LogP) is 1.60. The molecule has 0 saturated carbocycles. The molecule has 0 heterocycles. The fraction of sp³-hybridized carbons (Fsp3) is 0.467. The molecule has 6 heteroatoms. The first-order chi connectivity index (χ1) is 10.1. The Morgan fingerprint density at radius 1 is 1.29 bits per heavy atom. The third-order valence-corrected chi connectivity index (χ3v) is 3.20. The first-order valence-electron chi connectivity index (χ1n) is 6.82. The van der Waals surface area contributed by atoms with Gasteiger partial charge >= 0.3 is 0 Å². The van der Waals surface area contributed by atoms with Crippen LogP contribution in [0.2, 0.25) is 0 Å². The summed E-state index contributed by atoms with van der Waals surface area (Å²) >= 11 is 0. The van der Waals surface area contributed by atoms with Crippen LogP contribution in [0, 0.1) is 11.8 Å². The highest BCUT2D eigenvalue weighted by atomic mass is 19.1. The standard InChI is InChI=1S/C14H24N4O.CH3F/c1-10(2)12(7-15)9-19-13-5-3-11(4-6-13)14(8-16)18-17;1-2/h3-6,8,10,12,18H,7,9,15-17H2,1-2H3;1H3/b14-8-;. The smallest absolute Gasteiger partial charge is 0.119 e. The Kier molecular flexibility index (Phi) is 10.0. The number of hydrogen-bond acceptors (Lipinski definition) is 5. The van der Waals surface area contributed by atoms with E-state index in [0.717, 1.165) is 11.3 Å². The molecular weight excluding hydrogens is 271 g/mol. The maximum Gasteiger partial charge on any atom is 0.119 e. The monoisotopic (exact) mass is 298 g/mol. The zero-order valence-corrected chi connectivity index (χ0v) is 13.0. The summed E-state index contributed by atoms with van der Waals surface area (Å²) in [5.41, 5.74) is 15.3. The van der Waals surface area contributed by atoms with E-state index in [1.165, 1.54) is 6.20 Å². The van der Waals surface area contributed by atoms with Crippen LogP contribution in [0.5, 0.6) is 5.75 Å². The van der Waals surface area contributed by atoms with Crippen molar-refractivity contribution in [2.45, 2.75) is 13.8 Å². The van der Waals surface area contributed by atoms with Gasteiger partial charge in [-0.05, 0) is 36.7 Å². The number of benzene rings is 1. The van der Waals surface area contributed by atoms with Crippen molar-refractivity contribution in [1.29, 1.82) is 0 Å². The van der Waals surface area contributed by atoms with E-state index in [1.54, 1.807) is 0 Å². The molecule has 0 saturated heterocycles. The zero-order valence-electron chi connectivity index (χ0n) is 13.0. The van der Waals surface area contributed by atoms with Gasteiger partial charge in [0.1, 0.15) is 5.75 Å². The number of ether oxygens (including phenoxy) is 1. The Bertz CT molecular complexity index is 407. The third-order valence-electron chi connectivity index (χ3n) is 3.20. The molecule has 120 valence electrons. The van der Waals surface area contributed by atoms with Crippen molar-refractivity contribution in [3.05, 3.63) is 36.0 Å². The van der Waals surface area contributed by atoms with E-state index in [1.807, 2.05) is 24.3 Å². The van der Waals surface area contributed by atoms with Crippen molar-refractivity contribution < 1.29 is 9.13 Å². The Hall–Kier alpha value is -1.79. The van der Waals surface area contributed by atoms with E-state index in [-0.39, 0.29) is 0 Å². The summed E-state index contributed by atoms with van der Waals surface area (Å²) in [5.74, 6) is 7.05. The van der Waals surface area contributed by atoms with Crippen molar-refractivity contribution in [2.75, 3.05) is 20.3 Å².